The van der Waals surface area contributed by atoms with E-state index in [0.29, 0.717) is 5.56 Å². The first-order valence-corrected chi connectivity index (χ1v) is 3.55. The van der Waals surface area contributed by atoms with Crippen LogP contribution < -0.4 is 5.73 Å². The van der Waals surface area contributed by atoms with Crippen LogP contribution >= 0.6 is 12.2 Å². The Morgan fingerprint density at radius 1 is 1.58 bits per heavy atom. The smallest absolute Gasteiger partial charge is 0.133 e. The molecule has 0 fully saturated rings. The fourth-order valence-electron chi connectivity index (χ4n) is 0.784. The highest BCUT2D eigenvalue weighted by Gasteiger charge is 2.04. The van der Waals surface area contributed by atoms with E-state index in [1.54, 1.807) is 0 Å². The highest BCUT2D eigenvalue weighted by molar-refractivity contribution is 7.80. The Bertz CT molecular complexity index is 368. The van der Waals surface area contributed by atoms with Gasteiger partial charge in [-0.15, -0.1) is 0 Å². The van der Waals surface area contributed by atoms with Crippen molar-refractivity contribution in [1.29, 1.82) is 5.26 Å². The average molecular weight is 180 g/mol. The summed E-state index contributed by atoms with van der Waals surface area (Å²) in [7, 11) is 0. The van der Waals surface area contributed by atoms with Crippen molar-refractivity contribution < 1.29 is 4.39 Å². The quantitative estimate of drug-likeness (QED) is 0.663. The number of rotatable bonds is 1. The van der Waals surface area contributed by atoms with Gasteiger partial charge in [0.15, 0.2) is 0 Å². The molecule has 60 valence electrons. The van der Waals surface area contributed by atoms with E-state index in [4.69, 9.17) is 11.0 Å². The summed E-state index contributed by atoms with van der Waals surface area (Å²) in [5.74, 6) is -0.499. The van der Waals surface area contributed by atoms with Crippen LogP contribution in [-0.4, -0.2) is 4.99 Å². The maximum Gasteiger partial charge on any atom is 0.133 e. The third kappa shape index (κ3) is 1.57. The molecule has 2 nitrogen and oxygen atoms in total. The molecule has 0 amide bonds. The predicted molar refractivity (Wildman–Crippen MR) is 47.0 cm³/mol. The van der Waals surface area contributed by atoms with Crippen molar-refractivity contribution in [3.05, 3.63) is 35.1 Å². The Kier molecular flexibility index (Phi) is 2.36. The summed E-state index contributed by atoms with van der Waals surface area (Å²) in [4.78, 5) is -0.0374. The van der Waals surface area contributed by atoms with E-state index in [9.17, 15) is 4.39 Å². The van der Waals surface area contributed by atoms with Crippen molar-refractivity contribution in [2.45, 2.75) is 0 Å². The maximum atomic E-state index is 12.9. The van der Waals surface area contributed by atoms with Crippen LogP contribution in [0.5, 0.6) is 0 Å². The monoisotopic (exact) mass is 180 g/mol. The SMILES string of the molecule is N#Cc1ccc(F)c(C(N)=S)c1. The average Bonchev–Trinajstić information content (AvgIpc) is 2.05. The predicted octanol–water partition coefficient (Wildman–Crippen LogP) is 1.33. The van der Waals surface area contributed by atoms with Crippen LogP contribution in [0.3, 0.4) is 0 Å². The van der Waals surface area contributed by atoms with Gasteiger partial charge in [0.2, 0.25) is 0 Å². The van der Waals surface area contributed by atoms with Crippen molar-refractivity contribution >= 4 is 17.2 Å². The van der Waals surface area contributed by atoms with Crippen LogP contribution in [0.4, 0.5) is 4.39 Å². The van der Waals surface area contributed by atoms with E-state index in [-0.39, 0.29) is 10.6 Å². The summed E-state index contributed by atoms with van der Waals surface area (Å²) < 4.78 is 12.9. The Hall–Kier alpha value is -1.47. The number of nitrogens with two attached hydrogens (primary N) is 1. The van der Waals surface area contributed by atoms with Gasteiger partial charge in [0.25, 0.3) is 0 Å². The molecule has 0 bridgehead atoms. The molecular weight excluding hydrogens is 175 g/mol. The van der Waals surface area contributed by atoms with Gasteiger partial charge in [-0.2, -0.15) is 5.26 Å². The lowest BCUT2D eigenvalue weighted by atomic mass is 10.1. The lowest BCUT2D eigenvalue weighted by Crippen LogP contribution is -2.11. The van der Waals surface area contributed by atoms with E-state index in [0.717, 1.165) is 0 Å². The van der Waals surface area contributed by atoms with Crippen molar-refractivity contribution in [2.24, 2.45) is 5.73 Å². The van der Waals surface area contributed by atoms with Crippen molar-refractivity contribution in [3.8, 4) is 6.07 Å². The Labute approximate surface area is 74.4 Å². The highest BCUT2D eigenvalue weighted by atomic mass is 32.1. The maximum absolute atomic E-state index is 12.9. The van der Waals surface area contributed by atoms with E-state index in [1.807, 2.05) is 6.07 Å². The summed E-state index contributed by atoms with van der Waals surface area (Å²) in [6.07, 6.45) is 0. The third-order valence-electron chi connectivity index (χ3n) is 1.36. The highest BCUT2D eigenvalue weighted by Crippen LogP contribution is 2.09. The summed E-state index contributed by atoms with van der Waals surface area (Å²) in [5, 5.41) is 8.48. The molecular formula is C8H5FN2S. The topological polar surface area (TPSA) is 49.8 Å². The van der Waals surface area contributed by atoms with Crippen LogP contribution in [0.25, 0.3) is 0 Å². The molecule has 0 aliphatic heterocycles. The molecule has 0 atom stereocenters. The minimum atomic E-state index is -0.499. The molecule has 0 radical (unpaired) electrons. The standard InChI is InChI=1S/C8H5FN2S/c9-7-2-1-5(4-10)3-6(7)8(11)12/h1-3H,(H2,11,12). The summed E-state index contributed by atoms with van der Waals surface area (Å²) >= 11 is 4.59. The fourth-order valence-corrected chi connectivity index (χ4v) is 0.940. The molecule has 0 aliphatic rings. The summed E-state index contributed by atoms with van der Waals surface area (Å²) in [6.45, 7) is 0. The minimum absolute atomic E-state index is 0.0374. The molecule has 1 aromatic carbocycles. The summed E-state index contributed by atoms with van der Waals surface area (Å²) in [6, 6.07) is 5.74. The number of benzene rings is 1. The van der Waals surface area contributed by atoms with Gasteiger partial charge >= 0.3 is 0 Å². The third-order valence-corrected chi connectivity index (χ3v) is 1.58. The second kappa shape index (κ2) is 3.28. The van der Waals surface area contributed by atoms with Crippen LogP contribution in [0.15, 0.2) is 18.2 Å². The molecule has 0 aromatic heterocycles. The molecule has 2 N–H and O–H groups in total. The van der Waals surface area contributed by atoms with E-state index >= 15 is 0 Å². The zero-order valence-electron chi connectivity index (χ0n) is 6.04. The van der Waals surface area contributed by atoms with Crippen LogP contribution in [0.2, 0.25) is 0 Å². The van der Waals surface area contributed by atoms with E-state index in [2.05, 4.69) is 12.2 Å². The van der Waals surface area contributed by atoms with Crippen LogP contribution in [-0.2, 0) is 0 Å². The number of nitrogens with zero attached hydrogens (tertiary/aromatic N) is 1. The van der Waals surface area contributed by atoms with Gasteiger partial charge in [-0.3, -0.25) is 0 Å². The zero-order valence-corrected chi connectivity index (χ0v) is 6.86. The largest absolute Gasteiger partial charge is 0.389 e. The van der Waals surface area contributed by atoms with Gasteiger partial charge in [0.05, 0.1) is 11.6 Å². The first kappa shape index (κ1) is 8.62. The first-order valence-electron chi connectivity index (χ1n) is 3.14. The number of thiocarbonyl (C=S) groups is 1. The molecule has 0 aliphatic carbocycles. The lowest BCUT2D eigenvalue weighted by molar-refractivity contribution is 0.625. The zero-order chi connectivity index (χ0) is 9.14. The number of hydrogen-bond donors (Lipinski definition) is 1. The molecule has 12 heavy (non-hydrogen) atoms. The second-order valence-electron chi connectivity index (χ2n) is 2.17. The van der Waals surface area contributed by atoms with Crippen LogP contribution in [0.1, 0.15) is 11.1 Å². The number of halogens is 1. The normalized spacial score (nSPS) is 9.00. The van der Waals surface area contributed by atoms with Gasteiger partial charge in [-0.1, -0.05) is 12.2 Å². The molecule has 1 rings (SSSR count). The molecule has 1 aromatic rings. The van der Waals surface area contributed by atoms with Gasteiger partial charge in [0.1, 0.15) is 10.8 Å². The van der Waals surface area contributed by atoms with Crippen LogP contribution in [0, 0.1) is 17.1 Å². The number of hydrogen-bond acceptors (Lipinski definition) is 2. The molecule has 4 heteroatoms. The Morgan fingerprint density at radius 2 is 2.25 bits per heavy atom. The Morgan fingerprint density at radius 3 is 2.75 bits per heavy atom. The van der Waals surface area contributed by atoms with E-state index < -0.39 is 5.82 Å². The second-order valence-corrected chi connectivity index (χ2v) is 2.61. The van der Waals surface area contributed by atoms with Gasteiger partial charge in [-0.05, 0) is 18.2 Å². The molecule has 0 saturated carbocycles. The van der Waals surface area contributed by atoms with Gasteiger partial charge in [0, 0.05) is 5.56 Å². The number of nitriles is 1. The lowest BCUT2D eigenvalue weighted by Gasteiger charge is -1.99. The fraction of sp³-hybridized carbons (Fsp3) is 0. The minimum Gasteiger partial charge on any atom is -0.389 e. The molecule has 0 saturated heterocycles. The van der Waals surface area contributed by atoms with E-state index in [1.165, 1.54) is 18.2 Å². The molecule has 0 spiro atoms. The summed E-state index contributed by atoms with van der Waals surface area (Å²) in [5.41, 5.74) is 5.68. The first-order chi connectivity index (χ1) is 5.65. The Balaban J connectivity index is 3.28. The van der Waals surface area contributed by atoms with Crippen molar-refractivity contribution in [2.75, 3.05) is 0 Å². The van der Waals surface area contributed by atoms with Crippen molar-refractivity contribution in [1.82, 2.24) is 0 Å². The molecule has 0 unspecified atom stereocenters. The molecule has 0 heterocycles. The van der Waals surface area contributed by atoms with Crippen molar-refractivity contribution in [3.63, 3.8) is 0 Å². The van der Waals surface area contributed by atoms with Gasteiger partial charge < -0.3 is 5.73 Å². The van der Waals surface area contributed by atoms with Gasteiger partial charge in [-0.25, -0.2) is 4.39 Å².